The normalized spacial score (nSPS) is 11.2. The number of carbonyl (C=O) groups excluding carboxylic acids is 1. The van der Waals surface area contributed by atoms with E-state index in [1.54, 1.807) is 49.6 Å². The van der Waals surface area contributed by atoms with Gasteiger partial charge in [-0.15, -0.1) is 5.10 Å². The Morgan fingerprint density at radius 1 is 1.07 bits per heavy atom. The summed E-state index contributed by atoms with van der Waals surface area (Å²) >= 11 is 0. The van der Waals surface area contributed by atoms with Gasteiger partial charge in [-0.1, -0.05) is 23.3 Å². The van der Waals surface area contributed by atoms with Crippen LogP contribution in [0, 0.1) is 0 Å². The van der Waals surface area contributed by atoms with Crippen molar-refractivity contribution in [1.82, 2.24) is 10.2 Å². The largest absolute Gasteiger partial charge is 0.497 e. The van der Waals surface area contributed by atoms with Gasteiger partial charge in [-0.2, -0.15) is 0 Å². The zero-order chi connectivity index (χ0) is 20.0. The van der Waals surface area contributed by atoms with E-state index in [1.807, 2.05) is 0 Å². The molecular weight excluding hydrogens is 382 g/mol. The quantitative estimate of drug-likeness (QED) is 0.618. The summed E-state index contributed by atoms with van der Waals surface area (Å²) < 4.78 is 34.9. The molecule has 3 aromatic rings. The molecule has 0 saturated carbocycles. The summed E-state index contributed by atoms with van der Waals surface area (Å²) in [6.07, 6.45) is 0.203. The van der Waals surface area contributed by atoms with Gasteiger partial charge >= 0.3 is 6.01 Å². The van der Waals surface area contributed by atoms with Crippen LogP contribution in [0.2, 0.25) is 0 Å². The number of methoxy groups -OCH3 is 1. The Morgan fingerprint density at radius 3 is 2.46 bits per heavy atom. The highest BCUT2D eigenvalue weighted by Crippen LogP contribution is 2.22. The molecule has 0 spiro atoms. The van der Waals surface area contributed by atoms with Gasteiger partial charge in [0.05, 0.1) is 17.8 Å². The molecule has 9 heteroatoms. The number of benzene rings is 2. The van der Waals surface area contributed by atoms with Crippen molar-refractivity contribution in [3.05, 3.63) is 54.6 Å². The van der Waals surface area contributed by atoms with Gasteiger partial charge in [-0.25, -0.2) is 8.42 Å². The second-order valence-corrected chi connectivity index (χ2v) is 8.03. The molecule has 0 atom stereocenters. The predicted molar refractivity (Wildman–Crippen MR) is 103 cm³/mol. The summed E-state index contributed by atoms with van der Waals surface area (Å²) in [6.45, 7) is 0. The number of ether oxygens (including phenoxy) is 1. The Kier molecular flexibility index (Phi) is 6.05. The average Bonchev–Trinajstić information content (AvgIpc) is 3.17. The number of rotatable bonds is 8. The fraction of sp³-hybridized carbons (Fsp3) is 0.211. The number of carbonyl (C=O) groups is 1. The molecule has 0 bridgehead atoms. The number of hydrogen-bond donors (Lipinski definition) is 1. The van der Waals surface area contributed by atoms with Crippen molar-refractivity contribution in [2.45, 2.75) is 17.7 Å². The van der Waals surface area contributed by atoms with Gasteiger partial charge in [-0.05, 0) is 42.8 Å². The van der Waals surface area contributed by atoms with Crippen LogP contribution in [-0.2, 0) is 14.6 Å². The fourth-order valence-electron chi connectivity index (χ4n) is 2.47. The lowest BCUT2D eigenvalue weighted by molar-refractivity contribution is -0.116. The van der Waals surface area contributed by atoms with E-state index in [-0.39, 0.29) is 35.4 Å². The van der Waals surface area contributed by atoms with E-state index >= 15 is 0 Å². The molecule has 0 radical (unpaired) electrons. The minimum absolute atomic E-state index is 0.0202. The summed E-state index contributed by atoms with van der Waals surface area (Å²) in [5.74, 6) is 0.436. The van der Waals surface area contributed by atoms with Gasteiger partial charge in [0.2, 0.25) is 11.8 Å². The van der Waals surface area contributed by atoms with E-state index in [1.165, 1.54) is 12.1 Å². The molecular formula is C19H19N3O5S. The number of anilines is 1. The number of hydrogen-bond acceptors (Lipinski definition) is 7. The Morgan fingerprint density at radius 2 is 1.79 bits per heavy atom. The van der Waals surface area contributed by atoms with E-state index < -0.39 is 15.7 Å². The highest BCUT2D eigenvalue weighted by Gasteiger charge is 2.16. The molecule has 1 N–H and O–H groups in total. The molecule has 1 heterocycles. The van der Waals surface area contributed by atoms with Gasteiger partial charge in [-0.3, -0.25) is 10.1 Å². The van der Waals surface area contributed by atoms with Crippen molar-refractivity contribution in [2.24, 2.45) is 0 Å². The lowest BCUT2D eigenvalue weighted by Crippen LogP contribution is -2.14. The van der Waals surface area contributed by atoms with Crippen molar-refractivity contribution < 1.29 is 22.4 Å². The monoisotopic (exact) mass is 401 g/mol. The van der Waals surface area contributed by atoms with Crippen LogP contribution in [-0.4, -0.2) is 37.4 Å². The maximum Gasteiger partial charge on any atom is 0.322 e. The molecule has 0 fully saturated rings. The second kappa shape index (κ2) is 8.66. The average molecular weight is 401 g/mol. The summed E-state index contributed by atoms with van der Waals surface area (Å²) in [5, 5.41) is 10.1. The number of nitrogens with one attached hydrogen (secondary N) is 1. The third-order valence-corrected chi connectivity index (χ3v) is 5.74. The van der Waals surface area contributed by atoms with Crippen molar-refractivity contribution in [3.8, 4) is 17.2 Å². The van der Waals surface area contributed by atoms with Crippen molar-refractivity contribution in [1.29, 1.82) is 0 Å². The van der Waals surface area contributed by atoms with E-state index in [0.717, 1.165) is 0 Å². The SMILES string of the molecule is COc1ccc(-c2nnc(NC(=O)CCCS(=O)(=O)c3ccccc3)o2)cc1. The molecule has 1 amide bonds. The van der Waals surface area contributed by atoms with E-state index in [0.29, 0.717) is 11.3 Å². The molecule has 2 aromatic carbocycles. The highest BCUT2D eigenvalue weighted by atomic mass is 32.2. The molecule has 3 rings (SSSR count). The molecule has 0 unspecified atom stereocenters. The van der Waals surface area contributed by atoms with E-state index in [4.69, 9.17) is 9.15 Å². The first-order chi connectivity index (χ1) is 13.5. The van der Waals surface area contributed by atoms with Crippen LogP contribution in [0.15, 0.2) is 63.9 Å². The van der Waals surface area contributed by atoms with E-state index in [9.17, 15) is 13.2 Å². The number of sulfone groups is 1. The van der Waals surface area contributed by atoms with Crippen LogP contribution >= 0.6 is 0 Å². The minimum Gasteiger partial charge on any atom is -0.497 e. The van der Waals surface area contributed by atoms with Crippen LogP contribution in [0.1, 0.15) is 12.8 Å². The maximum absolute atomic E-state index is 12.2. The second-order valence-electron chi connectivity index (χ2n) is 5.92. The third-order valence-electron chi connectivity index (χ3n) is 3.93. The predicted octanol–water partition coefficient (Wildman–Crippen LogP) is 2.94. The van der Waals surface area contributed by atoms with Crippen LogP contribution in [0.4, 0.5) is 6.01 Å². The standard InChI is InChI=1S/C19H19N3O5S/c1-26-15-11-9-14(10-12-15)18-21-22-19(27-18)20-17(23)8-5-13-28(24,25)16-6-3-2-4-7-16/h2-4,6-7,9-12H,5,8,13H2,1H3,(H,20,22,23). The van der Waals surface area contributed by atoms with Gasteiger partial charge in [0.1, 0.15) is 5.75 Å². The van der Waals surface area contributed by atoms with Crippen LogP contribution in [0.25, 0.3) is 11.5 Å². The summed E-state index contributed by atoms with van der Waals surface area (Å²) in [7, 11) is -1.84. The molecule has 8 nitrogen and oxygen atoms in total. The van der Waals surface area contributed by atoms with Crippen molar-refractivity contribution >= 4 is 21.8 Å². The third kappa shape index (κ3) is 4.95. The van der Waals surface area contributed by atoms with E-state index in [2.05, 4.69) is 15.5 Å². The lowest BCUT2D eigenvalue weighted by atomic mass is 10.2. The first kappa shape index (κ1) is 19.6. The summed E-state index contributed by atoms with van der Waals surface area (Å²) in [5.41, 5.74) is 0.683. The Bertz CT molecular complexity index is 1030. The highest BCUT2D eigenvalue weighted by molar-refractivity contribution is 7.91. The smallest absolute Gasteiger partial charge is 0.322 e. The van der Waals surface area contributed by atoms with Gasteiger partial charge < -0.3 is 9.15 Å². The summed E-state index contributed by atoms with van der Waals surface area (Å²) in [4.78, 5) is 12.3. The lowest BCUT2D eigenvalue weighted by Gasteiger charge is -2.04. The van der Waals surface area contributed by atoms with Gasteiger partial charge in [0.15, 0.2) is 9.84 Å². The number of aromatic nitrogens is 2. The molecule has 146 valence electrons. The molecule has 0 aliphatic rings. The fourth-order valence-corrected chi connectivity index (χ4v) is 3.81. The zero-order valence-electron chi connectivity index (χ0n) is 15.2. The van der Waals surface area contributed by atoms with Crippen molar-refractivity contribution in [2.75, 3.05) is 18.2 Å². The van der Waals surface area contributed by atoms with Gasteiger partial charge in [0.25, 0.3) is 0 Å². The minimum atomic E-state index is -3.41. The molecule has 1 aromatic heterocycles. The Hall–Kier alpha value is -3.20. The van der Waals surface area contributed by atoms with Crippen LogP contribution in [0.3, 0.4) is 0 Å². The van der Waals surface area contributed by atoms with Crippen LogP contribution < -0.4 is 10.1 Å². The molecule has 0 aliphatic heterocycles. The maximum atomic E-state index is 12.2. The van der Waals surface area contributed by atoms with Crippen LogP contribution in [0.5, 0.6) is 5.75 Å². The number of amides is 1. The van der Waals surface area contributed by atoms with Crippen molar-refractivity contribution in [3.63, 3.8) is 0 Å². The molecule has 28 heavy (non-hydrogen) atoms. The zero-order valence-corrected chi connectivity index (χ0v) is 16.0. The Balaban J connectivity index is 1.52. The van der Waals surface area contributed by atoms with Gasteiger partial charge in [0, 0.05) is 12.0 Å². The first-order valence-electron chi connectivity index (χ1n) is 8.53. The molecule has 0 saturated heterocycles. The first-order valence-corrected chi connectivity index (χ1v) is 10.2. The number of nitrogens with zero attached hydrogens (tertiary/aromatic N) is 2. The topological polar surface area (TPSA) is 111 Å². The Labute approximate surface area is 162 Å². The molecule has 0 aliphatic carbocycles. The summed E-state index contributed by atoms with van der Waals surface area (Å²) in [6, 6.07) is 15.1.